The van der Waals surface area contributed by atoms with Crippen LogP contribution in [0.25, 0.3) is 0 Å². The molecule has 1 amide bonds. The van der Waals surface area contributed by atoms with Gasteiger partial charge in [0.15, 0.2) is 6.61 Å². The Bertz CT molecular complexity index is 434. The molecule has 0 saturated heterocycles. The molecule has 5 nitrogen and oxygen atoms in total. The molecule has 17 heavy (non-hydrogen) atoms. The van der Waals surface area contributed by atoms with E-state index in [4.69, 9.17) is 10.5 Å². The van der Waals surface area contributed by atoms with Crippen molar-refractivity contribution in [3.8, 4) is 5.75 Å². The van der Waals surface area contributed by atoms with Crippen molar-refractivity contribution in [1.82, 2.24) is 0 Å². The highest BCUT2D eigenvalue weighted by Gasteiger charge is 2.24. The molecule has 0 saturated carbocycles. The molecule has 3 N–H and O–H groups in total. The number of anilines is 1. The van der Waals surface area contributed by atoms with Gasteiger partial charge in [0, 0.05) is 13.1 Å². The number of benzene rings is 1. The molecule has 92 valence electrons. The van der Waals surface area contributed by atoms with Crippen LogP contribution in [0.15, 0.2) is 18.2 Å². The third-order valence-electron chi connectivity index (χ3n) is 2.85. The molecule has 0 fully saturated rings. The van der Waals surface area contributed by atoms with Crippen molar-refractivity contribution in [2.45, 2.75) is 13.0 Å². The number of nitrogens with two attached hydrogens (primary N) is 1. The van der Waals surface area contributed by atoms with Gasteiger partial charge in [-0.1, -0.05) is 6.07 Å². The van der Waals surface area contributed by atoms with Crippen LogP contribution in [0.3, 0.4) is 0 Å². The lowest BCUT2D eigenvalue weighted by atomic mass is 10.1. The van der Waals surface area contributed by atoms with Gasteiger partial charge >= 0.3 is 0 Å². The zero-order valence-corrected chi connectivity index (χ0v) is 9.72. The highest BCUT2D eigenvalue weighted by atomic mass is 16.5. The number of aliphatic hydroxyl groups excluding tert-OH is 1. The number of amides is 1. The predicted molar refractivity (Wildman–Crippen MR) is 64.0 cm³/mol. The zero-order valence-electron chi connectivity index (χ0n) is 9.72. The number of rotatable bonds is 3. The fourth-order valence-corrected chi connectivity index (χ4v) is 1.91. The molecule has 1 aromatic carbocycles. The smallest absolute Gasteiger partial charge is 0.265 e. The van der Waals surface area contributed by atoms with E-state index in [0.717, 1.165) is 0 Å². The summed E-state index contributed by atoms with van der Waals surface area (Å²) < 4.78 is 5.33. The Kier molecular flexibility index (Phi) is 3.31. The molecule has 0 radical (unpaired) electrons. The first kappa shape index (κ1) is 11.9. The predicted octanol–water partition coefficient (Wildman–Crippen LogP) is 0.424. The lowest BCUT2D eigenvalue weighted by Gasteiger charge is -2.29. The third-order valence-corrected chi connectivity index (χ3v) is 2.85. The van der Waals surface area contributed by atoms with Gasteiger partial charge in [-0.3, -0.25) is 4.79 Å². The largest absolute Gasteiger partial charge is 0.482 e. The Morgan fingerprint density at radius 3 is 3.00 bits per heavy atom. The van der Waals surface area contributed by atoms with E-state index >= 15 is 0 Å². The van der Waals surface area contributed by atoms with Gasteiger partial charge in [-0.05, 0) is 24.6 Å². The van der Waals surface area contributed by atoms with Gasteiger partial charge in [-0.25, -0.2) is 0 Å². The SMILES string of the molecule is CCN1C(=O)COc2ccc(C(O)CN)cc21. The second-order valence-corrected chi connectivity index (χ2v) is 3.91. The van der Waals surface area contributed by atoms with Gasteiger partial charge in [0.1, 0.15) is 5.75 Å². The van der Waals surface area contributed by atoms with Crippen LogP contribution in [0.5, 0.6) is 5.75 Å². The molecule has 1 aliphatic rings. The highest BCUT2D eigenvalue weighted by molar-refractivity contribution is 5.97. The van der Waals surface area contributed by atoms with E-state index in [-0.39, 0.29) is 19.1 Å². The van der Waals surface area contributed by atoms with Crippen LogP contribution in [0.1, 0.15) is 18.6 Å². The van der Waals surface area contributed by atoms with Crippen LogP contribution in [-0.4, -0.2) is 30.7 Å². The first-order chi connectivity index (χ1) is 8.17. The number of carbonyl (C=O) groups excluding carboxylic acids is 1. The van der Waals surface area contributed by atoms with Crippen molar-refractivity contribution in [3.05, 3.63) is 23.8 Å². The molecular formula is C12H16N2O3. The van der Waals surface area contributed by atoms with Crippen molar-refractivity contribution < 1.29 is 14.6 Å². The summed E-state index contributed by atoms with van der Waals surface area (Å²) in [7, 11) is 0. The quantitative estimate of drug-likeness (QED) is 0.797. The Hall–Kier alpha value is -1.59. The van der Waals surface area contributed by atoms with Gasteiger partial charge in [0.05, 0.1) is 11.8 Å². The normalized spacial score (nSPS) is 16.4. The molecule has 0 aliphatic carbocycles. The van der Waals surface area contributed by atoms with E-state index in [0.29, 0.717) is 23.5 Å². The van der Waals surface area contributed by atoms with E-state index in [1.165, 1.54) is 0 Å². The number of aliphatic hydroxyl groups is 1. The summed E-state index contributed by atoms with van der Waals surface area (Å²) in [5, 5.41) is 9.69. The standard InChI is InChI=1S/C12H16N2O3/c1-2-14-9-5-8(10(15)6-13)3-4-11(9)17-7-12(14)16/h3-5,10,15H,2,6-7,13H2,1H3. The molecule has 2 rings (SSSR count). The summed E-state index contributed by atoms with van der Waals surface area (Å²) in [4.78, 5) is 13.3. The molecule has 1 heterocycles. The lowest BCUT2D eigenvalue weighted by molar-refractivity contribution is -0.121. The zero-order chi connectivity index (χ0) is 12.4. The van der Waals surface area contributed by atoms with Crippen molar-refractivity contribution >= 4 is 11.6 Å². The van der Waals surface area contributed by atoms with Crippen molar-refractivity contribution in [2.24, 2.45) is 5.73 Å². The molecule has 1 aliphatic heterocycles. The summed E-state index contributed by atoms with van der Waals surface area (Å²) in [6.07, 6.45) is -0.712. The van der Waals surface area contributed by atoms with Crippen LogP contribution in [0.4, 0.5) is 5.69 Å². The first-order valence-corrected chi connectivity index (χ1v) is 5.62. The van der Waals surface area contributed by atoms with Gasteiger partial charge in [0.25, 0.3) is 5.91 Å². The number of ether oxygens (including phenoxy) is 1. The average molecular weight is 236 g/mol. The Morgan fingerprint density at radius 2 is 2.35 bits per heavy atom. The number of likely N-dealkylation sites (N-methyl/N-ethyl adjacent to an activating group) is 1. The van der Waals surface area contributed by atoms with E-state index in [2.05, 4.69) is 0 Å². The molecule has 0 bridgehead atoms. The minimum atomic E-state index is -0.712. The maximum absolute atomic E-state index is 11.7. The van der Waals surface area contributed by atoms with Crippen LogP contribution >= 0.6 is 0 Å². The molecule has 0 spiro atoms. The molecule has 1 unspecified atom stereocenters. The van der Waals surface area contributed by atoms with E-state index in [1.807, 2.05) is 6.92 Å². The summed E-state index contributed by atoms with van der Waals surface area (Å²) in [5.41, 5.74) is 6.81. The summed E-state index contributed by atoms with van der Waals surface area (Å²) in [5.74, 6) is 0.596. The molecular weight excluding hydrogens is 220 g/mol. The number of hydrogen-bond donors (Lipinski definition) is 2. The second-order valence-electron chi connectivity index (χ2n) is 3.91. The highest BCUT2D eigenvalue weighted by Crippen LogP contribution is 2.34. The Morgan fingerprint density at radius 1 is 1.59 bits per heavy atom. The van der Waals surface area contributed by atoms with E-state index < -0.39 is 6.10 Å². The van der Waals surface area contributed by atoms with Gasteiger partial charge in [-0.2, -0.15) is 0 Å². The lowest BCUT2D eigenvalue weighted by Crippen LogP contribution is -2.38. The Labute approximate surface area is 99.8 Å². The van der Waals surface area contributed by atoms with Crippen LogP contribution in [0, 0.1) is 0 Å². The third kappa shape index (κ3) is 2.11. The monoisotopic (exact) mass is 236 g/mol. The van der Waals surface area contributed by atoms with Gasteiger partial charge < -0.3 is 20.5 Å². The fourth-order valence-electron chi connectivity index (χ4n) is 1.91. The maximum atomic E-state index is 11.7. The molecule has 1 aromatic rings. The van der Waals surface area contributed by atoms with Crippen LogP contribution < -0.4 is 15.4 Å². The number of hydrogen-bond acceptors (Lipinski definition) is 4. The fraction of sp³-hybridized carbons (Fsp3) is 0.417. The molecule has 0 aromatic heterocycles. The summed E-state index contributed by atoms with van der Waals surface area (Å²) in [6, 6.07) is 5.28. The van der Waals surface area contributed by atoms with Crippen molar-refractivity contribution in [2.75, 3.05) is 24.6 Å². The maximum Gasteiger partial charge on any atom is 0.265 e. The van der Waals surface area contributed by atoms with Crippen molar-refractivity contribution in [3.63, 3.8) is 0 Å². The average Bonchev–Trinajstić information content (AvgIpc) is 2.37. The van der Waals surface area contributed by atoms with Gasteiger partial charge in [-0.15, -0.1) is 0 Å². The first-order valence-electron chi connectivity index (χ1n) is 5.62. The summed E-state index contributed by atoms with van der Waals surface area (Å²) in [6.45, 7) is 2.70. The molecule has 5 heteroatoms. The van der Waals surface area contributed by atoms with Crippen molar-refractivity contribution in [1.29, 1.82) is 0 Å². The molecule has 1 atom stereocenters. The summed E-state index contributed by atoms with van der Waals surface area (Å²) >= 11 is 0. The number of fused-ring (bicyclic) bond motifs is 1. The topological polar surface area (TPSA) is 75.8 Å². The van der Waals surface area contributed by atoms with Crippen LogP contribution in [0.2, 0.25) is 0 Å². The number of nitrogens with zero attached hydrogens (tertiary/aromatic N) is 1. The van der Waals surface area contributed by atoms with E-state index in [9.17, 15) is 9.90 Å². The number of carbonyl (C=O) groups is 1. The minimum absolute atomic E-state index is 0.0691. The second kappa shape index (κ2) is 4.73. The van der Waals surface area contributed by atoms with Crippen LogP contribution in [-0.2, 0) is 4.79 Å². The Balaban J connectivity index is 2.41. The van der Waals surface area contributed by atoms with Gasteiger partial charge in [0.2, 0.25) is 0 Å². The minimum Gasteiger partial charge on any atom is -0.482 e. The van der Waals surface area contributed by atoms with E-state index in [1.54, 1.807) is 23.1 Å².